The van der Waals surface area contributed by atoms with Gasteiger partial charge in [0, 0.05) is 28.4 Å². The van der Waals surface area contributed by atoms with Gasteiger partial charge in [-0.15, -0.1) is 0 Å². The Kier molecular flexibility index (Phi) is 4.64. The normalized spacial score (nSPS) is 10.5. The Balaban J connectivity index is 2.23. The number of hydrogen-bond acceptors (Lipinski definition) is 3. The van der Waals surface area contributed by atoms with E-state index in [9.17, 15) is 0 Å². The summed E-state index contributed by atoms with van der Waals surface area (Å²) < 4.78 is 5.70. The van der Waals surface area contributed by atoms with Gasteiger partial charge in [-0.1, -0.05) is 23.2 Å². The third-order valence-corrected chi connectivity index (χ3v) is 2.95. The Labute approximate surface area is 122 Å². The molecule has 1 heterocycles. The summed E-state index contributed by atoms with van der Waals surface area (Å²) in [5.74, 6) is 1.13. The molecule has 0 aliphatic carbocycles. The predicted molar refractivity (Wildman–Crippen MR) is 78.3 cm³/mol. The number of aromatic nitrogens is 1. The van der Waals surface area contributed by atoms with Crippen LogP contribution in [0.1, 0.15) is 11.1 Å². The first kappa shape index (κ1) is 14.1. The fourth-order valence-corrected chi connectivity index (χ4v) is 2.23. The molecule has 0 aliphatic heterocycles. The lowest BCUT2D eigenvalue weighted by molar-refractivity contribution is 0.458. The minimum Gasteiger partial charge on any atom is -0.439 e. The molecule has 5 heteroatoms. The number of halogens is 2. The topological polar surface area (TPSA) is 34.2 Å². The van der Waals surface area contributed by atoms with Crippen molar-refractivity contribution in [3.05, 3.63) is 51.6 Å². The molecule has 2 rings (SSSR count). The Hall–Kier alpha value is -1.29. The molecule has 1 aromatic carbocycles. The van der Waals surface area contributed by atoms with Crippen LogP contribution in [-0.2, 0) is 6.54 Å². The molecular weight excluding hydrogens is 283 g/mol. The largest absolute Gasteiger partial charge is 0.439 e. The maximum atomic E-state index is 5.93. The summed E-state index contributed by atoms with van der Waals surface area (Å²) in [7, 11) is 1.90. The van der Waals surface area contributed by atoms with Gasteiger partial charge in [-0.3, -0.25) is 0 Å². The molecule has 0 saturated carbocycles. The first-order valence-electron chi connectivity index (χ1n) is 5.82. The highest BCUT2D eigenvalue weighted by Gasteiger charge is 2.06. The van der Waals surface area contributed by atoms with Crippen LogP contribution in [-0.4, -0.2) is 12.0 Å². The van der Waals surface area contributed by atoms with Crippen LogP contribution in [0.25, 0.3) is 0 Å². The summed E-state index contributed by atoms with van der Waals surface area (Å²) in [6.45, 7) is 2.73. The lowest BCUT2D eigenvalue weighted by Gasteiger charge is -2.09. The van der Waals surface area contributed by atoms with Gasteiger partial charge in [0.15, 0.2) is 0 Å². The quantitative estimate of drug-likeness (QED) is 0.918. The van der Waals surface area contributed by atoms with Gasteiger partial charge < -0.3 is 10.1 Å². The van der Waals surface area contributed by atoms with Gasteiger partial charge in [-0.25, -0.2) is 4.98 Å². The van der Waals surface area contributed by atoms with E-state index >= 15 is 0 Å². The summed E-state index contributed by atoms with van der Waals surface area (Å²) in [4.78, 5) is 4.30. The number of nitrogens with zero attached hydrogens (tertiary/aromatic N) is 1. The van der Waals surface area contributed by atoms with Crippen LogP contribution in [0.3, 0.4) is 0 Å². The van der Waals surface area contributed by atoms with Crippen molar-refractivity contribution < 1.29 is 4.74 Å². The van der Waals surface area contributed by atoms with Crippen molar-refractivity contribution in [1.29, 1.82) is 0 Å². The van der Waals surface area contributed by atoms with E-state index in [1.54, 1.807) is 24.4 Å². The van der Waals surface area contributed by atoms with Crippen LogP contribution in [0.4, 0.5) is 0 Å². The van der Waals surface area contributed by atoms with Gasteiger partial charge in [0.2, 0.25) is 5.88 Å². The predicted octanol–water partition coefficient (Wildman–Crippen LogP) is 4.21. The van der Waals surface area contributed by atoms with Crippen molar-refractivity contribution in [1.82, 2.24) is 10.3 Å². The summed E-state index contributed by atoms with van der Waals surface area (Å²) in [6, 6.07) is 7.10. The molecule has 0 saturated heterocycles. The molecule has 0 amide bonds. The zero-order valence-electron chi connectivity index (χ0n) is 10.7. The standard InChI is InChI=1S/C14H14Cl2N2O/c1-9-3-10(7-17-2)8-18-14(9)19-13-5-11(15)4-12(16)6-13/h3-6,8,17H,7H2,1-2H3. The zero-order valence-corrected chi connectivity index (χ0v) is 12.2. The van der Waals surface area contributed by atoms with E-state index in [4.69, 9.17) is 27.9 Å². The lowest BCUT2D eigenvalue weighted by Crippen LogP contribution is -2.06. The van der Waals surface area contributed by atoms with E-state index in [2.05, 4.69) is 10.3 Å². The lowest BCUT2D eigenvalue weighted by atomic mass is 10.2. The van der Waals surface area contributed by atoms with Gasteiger partial charge in [0.05, 0.1) is 0 Å². The number of hydrogen-bond donors (Lipinski definition) is 1. The fraction of sp³-hybridized carbons (Fsp3) is 0.214. The molecule has 0 radical (unpaired) electrons. The van der Waals surface area contributed by atoms with Crippen molar-refractivity contribution in [3.63, 3.8) is 0 Å². The number of nitrogens with one attached hydrogen (secondary N) is 1. The number of aryl methyl sites for hydroxylation is 1. The Morgan fingerprint density at radius 3 is 2.42 bits per heavy atom. The Morgan fingerprint density at radius 1 is 1.16 bits per heavy atom. The molecule has 0 aliphatic rings. The maximum Gasteiger partial charge on any atom is 0.222 e. The summed E-state index contributed by atoms with van der Waals surface area (Å²) in [6.07, 6.45) is 1.78. The van der Waals surface area contributed by atoms with Crippen LogP contribution in [0.15, 0.2) is 30.5 Å². The second-order valence-electron chi connectivity index (χ2n) is 4.20. The summed E-state index contributed by atoms with van der Waals surface area (Å²) in [5, 5.41) is 4.15. The molecular formula is C14H14Cl2N2O. The number of ether oxygens (including phenoxy) is 1. The number of rotatable bonds is 4. The zero-order chi connectivity index (χ0) is 13.8. The van der Waals surface area contributed by atoms with Crippen LogP contribution in [0.5, 0.6) is 11.6 Å². The van der Waals surface area contributed by atoms with Crippen molar-refractivity contribution in [3.8, 4) is 11.6 Å². The molecule has 19 heavy (non-hydrogen) atoms. The van der Waals surface area contributed by atoms with Crippen molar-refractivity contribution in [2.45, 2.75) is 13.5 Å². The molecule has 1 aromatic heterocycles. The van der Waals surface area contributed by atoms with E-state index in [1.165, 1.54) is 0 Å². The van der Waals surface area contributed by atoms with E-state index in [1.807, 2.05) is 20.0 Å². The molecule has 0 spiro atoms. The molecule has 0 fully saturated rings. The summed E-state index contributed by atoms with van der Waals surface area (Å²) in [5.41, 5.74) is 2.07. The van der Waals surface area contributed by atoms with Gasteiger partial charge in [-0.05, 0) is 43.8 Å². The minimum atomic E-state index is 0.534. The van der Waals surface area contributed by atoms with Crippen LogP contribution >= 0.6 is 23.2 Å². The van der Waals surface area contributed by atoms with Gasteiger partial charge in [-0.2, -0.15) is 0 Å². The first-order valence-corrected chi connectivity index (χ1v) is 6.58. The van der Waals surface area contributed by atoms with E-state index < -0.39 is 0 Å². The van der Waals surface area contributed by atoms with E-state index in [0.29, 0.717) is 21.7 Å². The SMILES string of the molecule is CNCc1cnc(Oc2cc(Cl)cc(Cl)c2)c(C)c1. The van der Waals surface area contributed by atoms with Crippen molar-refractivity contribution >= 4 is 23.2 Å². The molecule has 3 nitrogen and oxygen atoms in total. The Bertz CT molecular complexity index is 567. The minimum absolute atomic E-state index is 0.534. The fourth-order valence-electron chi connectivity index (χ4n) is 1.73. The van der Waals surface area contributed by atoms with Crippen LogP contribution in [0, 0.1) is 6.92 Å². The van der Waals surface area contributed by atoms with E-state index in [0.717, 1.165) is 17.7 Å². The van der Waals surface area contributed by atoms with Crippen molar-refractivity contribution in [2.75, 3.05) is 7.05 Å². The molecule has 100 valence electrons. The number of benzene rings is 1. The Morgan fingerprint density at radius 2 is 1.84 bits per heavy atom. The average Bonchev–Trinajstić information content (AvgIpc) is 2.32. The number of pyridine rings is 1. The maximum absolute atomic E-state index is 5.93. The van der Waals surface area contributed by atoms with Crippen molar-refractivity contribution in [2.24, 2.45) is 0 Å². The van der Waals surface area contributed by atoms with Gasteiger partial charge in [0.25, 0.3) is 0 Å². The average molecular weight is 297 g/mol. The second-order valence-corrected chi connectivity index (χ2v) is 5.08. The van der Waals surface area contributed by atoms with Gasteiger partial charge >= 0.3 is 0 Å². The second kappa shape index (κ2) is 6.24. The van der Waals surface area contributed by atoms with Crippen LogP contribution < -0.4 is 10.1 Å². The molecule has 0 atom stereocenters. The molecule has 1 N–H and O–H groups in total. The van der Waals surface area contributed by atoms with Crippen LogP contribution in [0.2, 0.25) is 10.0 Å². The summed E-state index contributed by atoms with van der Waals surface area (Å²) >= 11 is 11.9. The third-order valence-electron chi connectivity index (χ3n) is 2.52. The van der Waals surface area contributed by atoms with E-state index in [-0.39, 0.29) is 0 Å². The molecule has 2 aromatic rings. The smallest absolute Gasteiger partial charge is 0.222 e. The first-order chi connectivity index (χ1) is 9.08. The monoisotopic (exact) mass is 296 g/mol. The highest BCUT2D eigenvalue weighted by Crippen LogP contribution is 2.29. The third kappa shape index (κ3) is 3.83. The highest BCUT2D eigenvalue weighted by atomic mass is 35.5. The van der Waals surface area contributed by atoms with Gasteiger partial charge in [0.1, 0.15) is 5.75 Å². The molecule has 0 bridgehead atoms. The molecule has 0 unspecified atom stereocenters. The highest BCUT2D eigenvalue weighted by molar-refractivity contribution is 6.34.